The van der Waals surface area contributed by atoms with Crippen LogP contribution in [0, 0.1) is 0 Å². The first kappa shape index (κ1) is 14.7. The molecule has 0 aromatic heterocycles. The van der Waals surface area contributed by atoms with Gasteiger partial charge in [-0.15, -0.1) is 23.5 Å². The maximum atomic E-state index is 2.28. The molecule has 0 bridgehead atoms. The average molecular weight is 234 g/mol. The third kappa shape index (κ3) is 9.26. The van der Waals surface area contributed by atoms with E-state index in [0.29, 0.717) is 0 Å². The lowest BCUT2D eigenvalue weighted by Gasteiger charge is -2.13. The summed E-state index contributed by atoms with van der Waals surface area (Å²) in [4.78, 5) is 0. The summed E-state index contributed by atoms with van der Waals surface area (Å²) >= 11 is 4.26. The molecule has 2 heteroatoms. The van der Waals surface area contributed by atoms with Crippen molar-refractivity contribution in [2.75, 3.05) is 11.5 Å². The van der Waals surface area contributed by atoms with E-state index >= 15 is 0 Å². The summed E-state index contributed by atoms with van der Waals surface area (Å²) in [6, 6.07) is 0. The largest absolute Gasteiger partial charge is 0.148 e. The molecule has 14 heavy (non-hydrogen) atoms. The highest BCUT2D eigenvalue weighted by Crippen LogP contribution is 2.28. The molecule has 0 saturated heterocycles. The highest BCUT2D eigenvalue weighted by Gasteiger charge is 2.06. The van der Waals surface area contributed by atoms with Crippen LogP contribution in [0.5, 0.6) is 0 Å². The van der Waals surface area contributed by atoms with Crippen molar-refractivity contribution < 1.29 is 0 Å². The van der Waals surface area contributed by atoms with E-state index in [1.807, 2.05) is 0 Å². The number of thioether (sulfide) groups is 2. The third-order valence-corrected chi connectivity index (χ3v) is 4.95. The van der Waals surface area contributed by atoms with Gasteiger partial charge in [0.1, 0.15) is 0 Å². The van der Waals surface area contributed by atoms with Gasteiger partial charge < -0.3 is 0 Å². The highest BCUT2D eigenvalue weighted by atomic mass is 32.2. The minimum atomic E-state index is 0.867. The van der Waals surface area contributed by atoms with Gasteiger partial charge in [0.05, 0.1) is 4.58 Å². The van der Waals surface area contributed by atoms with Crippen LogP contribution >= 0.6 is 23.5 Å². The Morgan fingerprint density at radius 3 is 1.86 bits per heavy atom. The summed E-state index contributed by atoms with van der Waals surface area (Å²) in [6.45, 7) is 6.82. The van der Waals surface area contributed by atoms with Crippen LogP contribution in [0.2, 0.25) is 0 Å². The van der Waals surface area contributed by atoms with E-state index in [-0.39, 0.29) is 0 Å². The standard InChI is InChI=1S/C12H26S2/c1-4-7-8-9-10-11-12(13-5-2)14-6-3/h12H,4-11H2,1-3H3. The minimum absolute atomic E-state index is 0.867. The third-order valence-electron chi connectivity index (χ3n) is 2.25. The predicted octanol–water partition coefficient (Wildman–Crippen LogP) is 5.18. The number of rotatable bonds is 10. The normalized spacial score (nSPS) is 11.1. The van der Waals surface area contributed by atoms with E-state index in [0.717, 1.165) is 4.58 Å². The molecule has 0 aromatic carbocycles. The molecule has 0 radical (unpaired) electrons. The average Bonchev–Trinajstić information content (AvgIpc) is 2.18. The second-order valence-electron chi connectivity index (χ2n) is 3.54. The van der Waals surface area contributed by atoms with Crippen molar-refractivity contribution in [3.8, 4) is 0 Å². The summed E-state index contributed by atoms with van der Waals surface area (Å²) in [5.74, 6) is 2.54. The minimum Gasteiger partial charge on any atom is -0.148 e. The van der Waals surface area contributed by atoms with Gasteiger partial charge in [0.15, 0.2) is 0 Å². The molecule has 0 rings (SSSR count). The molecular formula is C12H26S2. The van der Waals surface area contributed by atoms with Gasteiger partial charge in [-0.2, -0.15) is 0 Å². The Kier molecular flexibility index (Phi) is 12.4. The molecule has 0 aliphatic heterocycles. The van der Waals surface area contributed by atoms with Crippen molar-refractivity contribution in [1.82, 2.24) is 0 Å². The molecule has 0 aliphatic carbocycles. The highest BCUT2D eigenvalue weighted by molar-refractivity contribution is 8.16. The van der Waals surface area contributed by atoms with Gasteiger partial charge >= 0.3 is 0 Å². The zero-order valence-electron chi connectivity index (χ0n) is 10.1. The topological polar surface area (TPSA) is 0 Å². The zero-order valence-corrected chi connectivity index (χ0v) is 11.7. The maximum Gasteiger partial charge on any atom is 0.0502 e. The predicted molar refractivity (Wildman–Crippen MR) is 73.4 cm³/mol. The SMILES string of the molecule is CCCCCCCC(SCC)SCC. The Bertz CT molecular complexity index is 98.5. The first-order valence-electron chi connectivity index (χ1n) is 6.08. The molecule has 0 aromatic rings. The lowest BCUT2D eigenvalue weighted by Crippen LogP contribution is -1.98. The van der Waals surface area contributed by atoms with Crippen LogP contribution in [-0.4, -0.2) is 16.1 Å². The molecule has 0 nitrogen and oxygen atoms in total. The van der Waals surface area contributed by atoms with Crippen LogP contribution in [0.1, 0.15) is 59.3 Å². The van der Waals surface area contributed by atoms with E-state index in [2.05, 4.69) is 44.3 Å². The van der Waals surface area contributed by atoms with Crippen LogP contribution in [0.25, 0.3) is 0 Å². The van der Waals surface area contributed by atoms with Gasteiger partial charge in [-0.25, -0.2) is 0 Å². The van der Waals surface area contributed by atoms with Crippen molar-refractivity contribution in [3.63, 3.8) is 0 Å². The Hall–Kier alpha value is 0.700. The summed E-state index contributed by atoms with van der Waals surface area (Å²) in [5, 5.41) is 0. The van der Waals surface area contributed by atoms with E-state index < -0.39 is 0 Å². The van der Waals surface area contributed by atoms with Gasteiger partial charge in [0, 0.05) is 0 Å². The first-order chi connectivity index (χ1) is 6.85. The van der Waals surface area contributed by atoms with Crippen LogP contribution < -0.4 is 0 Å². The van der Waals surface area contributed by atoms with Crippen molar-refractivity contribution in [3.05, 3.63) is 0 Å². The molecule has 0 fully saturated rings. The van der Waals surface area contributed by atoms with Crippen molar-refractivity contribution in [2.24, 2.45) is 0 Å². The first-order valence-corrected chi connectivity index (χ1v) is 8.18. The second kappa shape index (κ2) is 11.8. The van der Waals surface area contributed by atoms with E-state index in [9.17, 15) is 0 Å². The van der Waals surface area contributed by atoms with Crippen molar-refractivity contribution in [2.45, 2.75) is 63.9 Å². The Morgan fingerprint density at radius 1 is 0.786 bits per heavy atom. The molecule has 0 amide bonds. The van der Waals surface area contributed by atoms with Gasteiger partial charge in [-0.1, -0.05) is 52.9 Å². The molecule has 0 N–H and O–H groups in total. The summed E-state index contributed by atoms with van der Waals surface area (Å²) in [6.07, 6.45) is 8.52. The fourth-order valence-electron chi connectivity index (χ4n) is 1.50. The van der Waals surface area contributed by atoms with Crippen LogP contribution in [0.4, 0.5) is 0 Å². The molecule has 0 spiro atoms. The Labute approximate surface area is 99.0 Å². The quantitative estimate of drug-likeness (QED) is 0.377. The summed E-state index contributed by atoms with van der Waals surface area (Å²) < 4.78 is 0.867. The van der Waals surface area contributed by atoms with Gasteiger partial charge in [-0.3, -0.25) is 0 Å². The molecule has 86 valence electrons. The second-order valence-corrected chi connectivity index (χ2v) is 6.80. The maximum absolute atomic E-state index is 2.28. The smallest absolute Gasteiger partial charge is 0.0502 e. The van der Waals surface area contributed by atoms with Gasteiger partial charge in [-0.05, 0) is 17.9 Å². The monoisotopic (exact) mass is 234 g/mol. The van der Waals surface area contributed by atoms with Gasteiger partial charge in [0.2, 0.25) is 0 Å². The number of unbranched alkanes of at least 4 members (excludes halogenated alkanes) is 4. The van der Waals surface area contributed by atoms with Crippen LogP contribution in [-0.2, 0) is 0 Å². The van der Waals surface area contributed by atoms with Crippen LogP contribution in [0.15, 0.2) is 0 Å². The van der Waals surface area contributed by atoms with Crippen molar-refractivity contribution >= 4 is 23.5 Å². The molecule has 0 heterocycles. The zero-order chi connectivity index (χ0) is 10.6. The van der Waals surface area contributed by atoms with Crippen molar-refractivity contribution in [1.29, 1.82) is 0 Å². The molecule has 0 atom stereocenters. The summed E-state index contributed by atoms with van der Waals surface area (Å²) in [5.41, 5.74) is 0. The molecule has 0 saturated carbocycles. The Balaban J connectivity index is 3.30. The molecular weight excluding hydrogens is 208 g/mol. The lowest BCUT2D eigenvalue weighted by atomic mass is 10.1. The van der Waals surface area contributed by atoms with Gasteiger partial charge in [0.25, 0.3) is 0 Å². The Morgan fingerprint density at radius 2 is 1.36 bits per heavy atom. The molecule has 0 unspecified atom stereocenters. The fraction of sp³-hybridized carbons (Fsp3) is 1.00. The number of hydrogen-bond donors (Lipinski definition) is 0. The van der Waals surface area contributed by atoms with E-state index in [1.54, 1.807) is 0 Å². The molecule has 0 aliphatic rings. The summed E-state index contributed by atoms with van der Waals surface area (Å²) in [7, 11) is 0. The number of hydrogen-bond acceptors (Lipinski definition) is 2. The van der Waals surface area contributed by atoms with Crippen LogP contribution in [0.3, 0.4) is 0 Å². The lowest BCUT2D eigenvalue weighted by molar-refractivity contribution is 0.622. The van der Waals surface area contributed by atoms with E-state index in [1.165, 1.54) is 50.0 Å². The fourth-order valence-corrected chi connectivity index (χ4v) is 4.11. The van der Waals surface area contributed by atoms with E-state index in [4.69, 9.17) is 0 Å².